The highest BCUT2D eigenvalue weighted by molar-refractivity contribution is 5.19. The molecule has 1 N–H and O–H groups in total. The fourth-order valence-corrected chi connectivity index (χ4v) is 3.42. The lowest BCUT2D eigenvalue weighted by Gasteiger charge is -2.29. The third kappa shape index (κ3) is 4.34. The van der Waals surface area contributed by atoms with E-state index in [0.717, 1.165) is 0 Å². The van der Waals surface area contributed by atoms with Gasteiger partial charge < -0.3 is 5.32 Å². The molecule has 2 unspecified atom stereocenters. The zero-order valence-corrected chi connectivity index (χ0v) is 13.7. The van der Waals surface area contributed by atoms with Crippen LogP contribution in [0.5, 0.6) is 0 Å². The summed E-state index contributed by atoms with van der Waals surface area (Å²) in [6.45, 7) is 9.50. The molecule has 0 radical (unpaired) electrons. The Bertz CT molecular complexity index is 393. The van der Waals surface area contributed by atoms with Crippen LogP contribution in [0, 0.1) is 11.3 Å². The molecule has 0 aliphatic heterocycles. The highest BCUT2D eigenvalue weighted by atomic mass is 15.0. The predicted molar refractivity (Wildman–Crippen MR) is 87.8 cm³/mol. The van der Waals surface area contributed by atoms with E-state index in [1.807, 2.05) is 0 Å². The van der Waals surface area contributed by atoms with Gasteiger partial charge in [0.05, 0.1) is 0 Å². The monoisotopic (exact) mass is 273 g/mol. The van der Waals surface area contributed by atoms with E-state index in [1.165, 1.54) is 37.7 Å². The Morgan fingerprint density at radius 3 is 2.40 bits per heavy atom. The molecule has 0 bridgehead atoms. The van der Waals surface area contributed by atoms with Crippen molar-refractivity contribution in [1.29, 1.82) is 0 Å². The molecule has 1 heteroatoms. The van der Waals surface area contributed by atoms with Crippen LogP contribution in [0.3, 0.4) is 0 Å². The van der Waals surface area contributed by atoms with Gasteiger partial charge in [0.25, 0.3) is 0 Å². The summed E-state index contributed by atoms with van der Waals surface area (Å²) in [4.78, 5) is 0. The number of hydrogen-bond donors (Lipinski definition) is 1. The Morgan fingerprint density at radius 1 is 1.05 bits per heavy atom. The predicted octanol–water partition coefficient (Wildman–Crippen LogP) is 5.33. The van der Waals surface area contributed by atoms with Crippen molar-refractivity contribution in [3.05, 3.63) is 35.9 Å². The minimum absolute atomic E-state index is 0.488. The van der Waals surface area contributed by atoms with E-state index in [0.29, 0.717) is 23.4 Å². The average Bonchev–Trinajstić information content (AvgIpc) is 2.58. The molecule has 1 fully saturated rings. The van der Waals surface area contributed by atoms with Crippen molar-refractivity contribution in [3.63, 3.8) is 0 Å². The second-order valence-electron chi connectivity index (χ2n) is 7.59. The van der Waals surface area contributed by atoms with Gasteiger partial charge in [-0.25, -0.2) is 0 Å². The van der Waals surface area contributed by atoms with Gasteiger partial charge in [-0.2, -0.15) is 0 Å². The standard InChI is InChI=1S/C19H31N/c1-15(2)18(16-9-6-5-7-10-16)20-17-11-8-13-19(3,4)14-12-17/h5-7,9-10,15,17-18,20H,8,11-14H2,1-4H3. The summed E-state index contributed by atoms with van der Waals surface area (Å²) in [5.41, 5.74) is 1.97. The zero-order valence-electron chi connectivity index (χ0n) is 13.7. The minimum Gasteiger partial charge on any atom is -0.307 e. The second-order valence-corrected chi connectivity index (χ2v) is 7.59. The molecule has 0 spiro atoms. The van der Waals surface area contributed by atoms with Crippen molar-refractivity contribution in [2.45, 2.75) is 71.9 Å². The number of rotatable bonds is 4. The molecular formula is C19H31N. The van der Waals surface area contributed by atoms with E-state index in [9.17, 15) is 0 Å². The van der Waals surface area contributed by atoms with E-state index >= 15 is 0 Å². The molecule has 0 saturated heterocycles. The van der Waals surface area contributed by atoms with Crippen molar-refractivity contribution in [1.82, 2.24) is 5.32 Å². The maximum absolute atomic E-state index is 3.95. The fraction of sp³-hybridized carbons (Fsp3) is 0.684. The smallest absolute Gasteiger partial charge is 0.0345 e. The van der Waals surface area contributed by atoms with Crippen molar-refractivity contribution >= 4 is 0 Å². The van der Waals surface area contributed by atoms with Crippen LogP contribution in [-0.2, 0) is 0 Å². The van der Waals surface area contributed by atoms with E-state index in [1.54, 1.807) is 0 Å². The van der Waals surface area contributed by atoms with E-state index in [2.05, 4.69) is 63.3 Å². The number of benzene rings is 1. The highest BCUT2D eigenvalue weighted by Crippen LogP contribution is 2.35. The Hall–Kier alpha value is -0.820. The van der Waals surface area contributed by atoms with Gasteiger partial charge >= 0.3 is 0 Å². The molecule has 1 aliphatic rings. The first-order valence-electron chi connectivity index (χ1n) is 8.29. The van der Waals surface area contributed by atoms with Crippen LogP contribution in [0.2, 0.25) is 0 Å². The molecule has 1 aliphatic carbocycles. The fourth-order valence-electron chi connectivity index (χ4n) is 3.42. The summed E-state index contributed by atoms with van der Waals surface area (Å²) in [6, 6.07) is 12.1. The van der Waals surface area contributed by atoms with Gasteiger partial charge in [0.2, 0.25) is 0 Å². The molecule has 0 heterocycles. The van der Waals surface area contributed by atoms with Gasteiger partial charge in [0.15, 0.2) is 0 Å². The van der Waals surface area contributed by atoms with Crippen molar-refractivity contribution in [3.8, 4) is 0 Å². The molecule has 0 amide bonds. The normalized spacial score (nSPS) is 24.4. The van der Waals surface area contributed by atoms with Crippen molar-refractivity contribution in [2.75, 3.05) is 0 Å². The molecule has 2 rings (SSSR count). The van der Waals surface area contributed by atoms with Crippen molar-refractivity contribution in [2.24, 2.45) is 11.3 Å². The maximum atomic E-state index is 3.95. The van der Waals surface area contributed by atoms with Gasteiger partial charge in [-0.3, -0.25) is 0 Å². The van der Waals surface area contributed by atoms with E-state index < -0.39 is 0 Å². The van der Waals surface area contributed by atoms with Crippen LogP contribution < -0.4 is 5.32 Å². The zero-order chi connectivity index (χ0) is 14.6. The first-order chi connectivity index (χ1) is 9.48. The second kappa shape index (κ2) is 6.76. The van der Waals surface area contributed by atoms with Crippen LogP contribution in [0.25, 0.3) is 0 Å². The molecular weight excluding hydrogens is 242 g/mol. The summed E-state index contributed by atoms with van der Waals surface area (Å²) in [6.07, 6.45) is 6.75. The summed E-state index contributed by atoms with van der Waals surface area (Å²) >= 11 is 0. The van der Waals surface area contributed by atoms with Crippen LogP contribution >= 0.6 is 0 Å². The summed E-state index contributed by atoms with van der Waals surface area (Å²) in [5.74, 6) is 0.633. The Morgan fingerprint density at radius 2 is 1.75 bits per heavy atom. The lowest BCUT2D eigenvalue weighted by atomic mass is 9.85. The van der Waals surface area contributed by atoms with E-state index in [-0.39, 0.29) is 0 Å². The van der Waals surface area contributed by atoms with Gasteiger partial charge in [-0.15, -0.1) is 0 Å². The molecule has 1 aromatic carbocycles. The number of hydrogen-bond acceptors (Lipinski definition) is 1. The molecule has 0 aromatic heterocycles. The molecule has 1 aromatic rings. The lowest BCUT2D eigenvalue weighted by molar-refractivity contribution is 0.299. The van der Waals surface area contributed by atoms with Gasteiger partial charge in [-0.05, 0) is 42.6 Å². The Labute approximate surface area is 125 Å². The Balaban J connectivity index is 2.02. The summed E-state index contributed by atoms with van der Waals surface area (Å²) in [5, 5.41) is 3.95. The Kier molecular flexibility index (Phi) is 5.26. The lowest BCUT2D eigenvalue weighted by Crippen LogP contribution is -2.35. The van der Waals surface area contributed by atoms with Crippen LogP contribution in [-0.4, -0.2) is 6.04 Å². The maximum Gasteiger partial charge on any atom is 0.0345 e. The number of nitrogens with one attached hydrogen (secondary N) is 1. The largest absolute Gasteiger partial charge is 0.307 e. The van der Waals surface area contributed by atoms with Gasteiger partial charge in [0, 0.05) is 12.1 Å². The van der Waals surface area contributed by atoms with Crippen LogP contribution in [0.15, 0.2) is 30.3 Å². The van der Waals surface area contributed by atoms with Gasteiger partial charge in [-0.1, -0.05) is 64.4 Å². The SMILES string of the molecule is CC(C)C(NC1CCCC(C)(C)CC1)c1ccccc1. The van der Waals surface area contributed by atoms with Crippen LogP contribution in [0.1, 0.15) is 71.4 Å². The topological polar surface area (TPSA) is 12.0 Å². The first kappa shape index (κ1) is 15.6. The third-order valence-electron chi connectivity index (χ3n) is 4.82. The minimum atomic E-state index is 0.488. The molecule has 1 saturated carbocycles. The summed E-state index contributed by atoms with van der Waals surface area (Å²) in [7, 11) is 0. The third-order valence-corrected chi connectivity index (χ3v) is 4.82. The summed E-state index contributed by atoms with van der Waals surface area (Å²) < 4.78 is 0. The average molecular weight is 273 g/mol. The first-order valence-corrected chi connectivity index (χ1v) is 8.29. The molecule has 112 valence electrons. The highest BCUT2D eigenvalue weighted by Gasteiger charge is 2.26. The molecule has 2 atom stereocenters. The quantitative estimate of drug-likeness (QED) is 0.731. The van der Waals surface area contributed by atoms with Gasteiger partial charge in [0.1, 0.15) is 0 Å². The molecule has 20 heavy (non-hydrogen) atoms. The molecule has 1 nitrogen and oxygen atoms in total. The van der Waals surface area contributed by atoms with E-state index in [4.69, 9.17) is 0 Å². The van der Waals surface area contributed by atoms with Crippen LogP contribution in [0.4, 0.5) is 0 Å². The van der Waals surface area contributed by atoms with Crippen molar-refractivity contribution < 1.29 is 0 Å².